The Morgan fingerprint density at radius 1 is 0.537 bits per heavy atom. The van der Waals surface area contributed by atoms with Crippen LogP contribution < -0.4 is 76.5 Å². The van der Waals surface area contributed by atoms with E-state index in [4.69, 9.17) is 28.7 Å². The van der Waals surface area contributed by atoms with Gasteiger partial charge in [-0.2, -0.15) is 25.3 Å². The lowest BCUT2D eigenvalue weighted by molar-refractivity contribution is -0.141. The first kappa shape index (κ1) is 70.2. The van der Waals surface area contributed by atoms with Crippen molar-refractivity contribution in [2.45, 2.75) is 145 Å². The van der Waals surface area contributed by atoms with Gasteiger partial charge in [0.1, 0.15) is 54.4 Å². The lowest BCUT2D eigenvalue weighted by Crippen LogP contribution is -2.63. The van der Waals surface area contributed by atoms with Gasteiger partial charge in [0.25, 0.3) is 0 Å². The number of carbonyl (C=O) groups is 11. The largest absolute Gasteiger partial charge is 0.481 e. The highest BCUT2D eigenvalue weighted by Crippen LogP contribution is 2.19. The molecule has 1 heterocycles. The van der Waals surface area contributed by atoms with Crippen LogP contribution >= 0.6 is 25.3 Å². The quantitative estimate of drug-likeness (QED) is 0.0130. The third kappa shape index (κ3) is 24.0. The van der Waals surface area contributed by atoms with Gasteiger partial charge in [-0.05, 0) is 71.4 Å². The molecule has 2 rings (SSSR count). The van der Waals surface area contributed by atoms with E-state index in [9.17, 15) is 73.2 Å². The van der Waals surface area contributed by atoms with Gasteiger partial charge in [-0.15, -0.1) is 0 Å². The van der Waals surface area contributed by atoms with E-state index in [0.29, 0.717) is 16.5 Å². The third-order valence-electron chi connectivity index (χ3n) is 12.1. The average Bonchev–Trinajstić information content (AvgIpc) is 3.94. The summed E-state index contributed by atoms with van der Waals surface area (Å²) in [7, 11) is 0. The Bertz CT molecular complexity index is 2610. The molecule has 82 heavy (non-hydrogen) atoms. The van der Waals surface area contributed by atoms with Crippen molar-refractivity contribution in [2.75, 3.05) is 24.6 Å². The Morgan fingerprint density at radius 3 is 1.41 bits per heavy atom. The number of rotatable bonds is 36. The van der Waals surface area contributed by atoms with Gasteiger partial charge >= 0.3 is 11.9 Å². The van der Waals surface area contributed by atoms with Crippen LogP contribution in [0.1, 0.15) is 71.8 Å². The van der Waals surface area contributed by atoms with E-state index in [2.05, 4.69) is 88.1 Å². The highest BCUT2D eigenvalue weighted by Gasteiger charge is 2.37. The minimum absolute atomic E-state index is 0.0423. The van der Waals surface area contributed by atoms with Crippen LogP contribution in [-0.4, -0.2) is 200 Å². The van der Waals surface area contributed by atoms with Crippen molar-refractivity contribution in [1.29, 1.82) is 0 Å². The lowest BCUT2D eigenvalue weighted by Gasteiger charge is -2.29. The molecule has 0 fully saturated rings. The fourth-order valence-electron chi connectivity index (χ4n) is 7.55. The second-order valence-corrected chi connectivity index (χ2v) is 19.7. The van der Waals surface area contributed by atoms with E-state index >= 15 is 0 Å². The molecular weight excluding hydrogens is 1120 g/mol. The number of aliphatic carboxylic acids is 2. The molecule has 24 N–H and O–H groups in total. The number of nitrogens with one attached hydrogen (secondary N) is 10. The summed E-state index contributed by atoms with van der Waals surface area (Å²) in [5.74, 6) is -12.8. The minimum atomic E-state index is -1.98. The van der Waals surface area contributed by atoms with Crippen molar-refractivity contribution in [3.05, 3.63) is 36.0 Å². The zero-order chi connectivity index (χ0) is 62.0. The molecule has 0 radical (unpaired) electrons. The molecule has 0 spiro atoms. The summed E-state index contributed by atoms with van der Waals surface area (Å²) in [6.45, 7) is 4.62. The van der Waals surface area contributed by atoms with Gasteiger partial charge in [0.2, 0.25) is 53.2 Å². The number of thiol groups is 2. The number of amides is 9. The molecule has 0 saturated heterocycles. The third-order valence-corrected chi connectivity index (χ3v) is 12.9. The molecular formula is C48H77N17O15S2. The van der Waals surface area contributed by atoms with E-state index in [0.717, 1.165) is 13.8 Å². The van der Waals surface area contributed by atoms with E-state index in [1.54, 1.807) is 30.5 Å². The molecule has 0 aliphatic carbocycles. The van der Waals surface area contributed by atoms with Crippen molar-refractivity contribution in [2.24, 2.45) is 38.7 Å². The molecule has 1 aromatic carbocycles. The van der Waals surface area contributed by atoms with Crippen LogP contribution in [0.2, 0.25) is 0 Å². The van der Waals surface area contributed by atoms with Crippen molar-refractivity contribution >= 4 is 113 Å². The Morgan fingerprint density at radius 2 is 0.951 bits per heavy atom. The van der Waals surface area contributed by atoms with Gasteiger partial charge in [-0.1, -0.05) is 18.2 Å². The number of hydrogen-bond acceptors (Lipinski definition) is 18. The van der Waals surface area contributed by atoms with E-state index in [1.807, 2.05) is 0 Å². The van der Waals surface area contributed by atoms with E-state index in [1.165, 1.54) is 13.8 Å². The van der Waals surface area contributed by atoms with Gasteiger partial charge < -0.3 is 102 Å². The number of aliphatic hydroxyl groups is 2. The number of para-hydroxylation sites is 1. The standard InChI is InChI=1S/C48H77N17O15S2/c1-21(38(71)63-33(20-82)46(79)80)57-43(76)32(17-25-18-56-28-10-6-5-9-26(25)28)62-37(70)22(2)58-44(77)35(23(3)66)65-45(78)36(24(4)67)64-42(75)31(13-14-34(68)69)61-41(74)30(12-8-16-55-48(52)53)60-40(73)29(11-7-15-54-47(50)51)59-39(72)27(49)19-81/h5-6,9-10,18,21-24,27,29-33,35-36,56,66-67,81-82H,7-8,11-17,19-20,49H2,1-4H3,(H,57,76)(H,58,77)(H,59,72)(H,60,73)(H,61,74)(H,62,70)(H,63,71)(H,64,75)(H,65,78)(H,68,69)(H,79,80)(H4,50,51,54)(H4,52,53,55)/t21-,22-,23+,24+,27-,29-,30-,31-,32-,33-,35-,36-/m0/s1. The normalized spacial score (nSPS) is 15.4. The second-order valence-electron chi connectivity index (χ2n) is 18.9. The van der Waals surface area contributed by atoms with Crippen LogP contribution in [0.15, 0.2) is 40.4 Å². The van der Waals surface area contributed by atoms with Crippen LogP contribution in [-0.2, 0) is 59.2 Å². The molecule has 34 heteroatoms. The van der Waals surface area contributed by atoms with Gasteiger partial charge in [-0.3, -0.25) is 57.9 Å². The fourth-order valence-corrected chi connectivity index (χ4v) is 7.97. The first-order chi connectivity index (χ1) is 38.5. The SMILES string of the molecule is C[C@H](NC(=O)[C@H](Cc1c[nH]c2ccccc12)NC(=O)[C@H](C)NC(=O)[C@@H](NC(=O)[C@@H](NC(=O)[C@H](CCC(=O)O)NC(=O)[C@H](CCCN=C(N)N)NC(=O)[C@H](CCCN=C(N)N)NC(=O)[C@@H](N)CS)[C@@H](C)O)[C@@H](C)O)C(=O)N[C@@H](CS)C(=O)O. The number of guanidine groups is 2. The number of nitrogens with zero attached hydrogens (tertiary/aromatic N) is 2. The molecule has 0 bridgehead atoms. The predicted octanol–water partition coefficient (Wildman–Crippen LogP) is -6.88. The number of aliphatic hydroxyl groups excluding tert-OH is 2. The monoisotopic (exact) mass is 1200 g/mol. The topological polar surface area (TPSA) is 548 Å². The number of aromatic amines is 1. The van der Waals surface area contributed by atoms with Crippen LogP contribution in [0.25, 0.3) is 10.9 Å². The van der Waals surface area contributed by atoms with E-state index in [-0.39, 0.29) is 68.6 Å². The van der Waals surface area contributed by atoms with Crippen LogP contribution in [0.4, 0.5) is 0 Å². The minimum Gasteiger partial charge on any atom is -0.481 e. The van der Waals surface area contributed by atoms with Crippen molar-refractivity contribution < 1.29 is 73.2 Å². The number of nitrogens with two attached hydrogens (primary N) is 5. The highest BCUT2D eigenvalue weighted by molar-refractivity contribution is 7.80. The summed E-state index contributed by atoms with van der Waals surface area (Å²) < 4.78 is 0. The number of H-pyrrole nitrogens is 1. The zero-order valence-electron chi connectivity index (χ0n) is 45.5. The lowest BCUT2D eigenvalue weighted by atomic mass is 10.0. The smallest absolute Gasteiger partial charge is 0.327 e. The summed E-state index contributed by atoms with van der Waals surface area (Å²) in [5, 5.41) is 62.4. The number of aliphatic imine (C=N–C) groups is 2. The first-order valence-corrected chi connectivity index (χ1v) is 26.9. The van der Waals surface area contributed by atoms with E-state index < -0.39 is 151 Å². The molecule has 1 aromatic heterocycles. The molecule has 0 aliphatic rings. The molecule has 456 valence electrons. The number of aromatic nitrogens is 1. The maximum atomic E-state index is 14.0. The number of benzene rings is 1. The summed E-state index contributed by atoms with van der Waals surface area (Å²) >= 11 is 7.94. The molecule has 9 amide bonds. The second kappa shape index (κ2) is 35.0. The maximum Gasteiger partial charge on any atom is 0.327 e. The zero-order valence-corrected chi connectivity index (χ0v) is 47.3. The molecule has 12 atom stereocenters. The highest BCUT2D eigenvalue weighted by atomic mass is 32.1. The predicted molar refractivity (Wildman–Crippen MR) is 304 cm³/mol. The Labute approximate surface area is 482 Å². The average molecular weight is 1200 g/mol. The number of fused-ring (bicyclic) bond motifs is 1. The van der Waals surface area contributed by atoms with Gasteiger partial charge in [-0.25, -0.2) is 4.79 Å². The summed E-state index contributed by atoms with van der Waals surface area (Å²) in [4.78, 5) is 157. The van der Waals surface area contributed by atoms with Gasteiger partial charge in [0, 0.05) is 54.5 Å². The number of carbonyl (C=O) groups excluding carboxylic acids is 9. The number of hydrogen-bond donors (Lipinski definition) is 21. The summed E-state index contributed by atoms with van der Waals surface area (Å²) in [5.41, 5.74) is 28.7. The maximum absolute atomic E-state index is 14.0. The Kier molecular flexibility index (Phi) is 30.0. The van der Waals surface area contributed by atoms with Crippen LogP contribution in [0.5, 0.6) is 0 Å². The van der Waals surface area contributed by atoms with Crippen LogP contribution in [0, 0.1) is 0 Å². The molecule has 0 saturated carbocycles. The Balaban J connectivity index is 2.37. The van der Waals surface area contributed by atoms with Crippen LogP contribution in [0.3, 0.4) is 0 Å². The van der Waals surface area contributed by atoms with Crippen molar-refractivity contribution in [3.63, 3.8) is 0 Å². The molecule has 0 aliphatic heterocycles. The summed E-state index contributed by atoms with van der Waals surface area (Å²) in [6.07, 6.45) is -3.52. The number of carboxylic acids is 2. The Hall–Kier alpha value is -7.95. The summed E-state index contributed by atoms with van der Waals surface area (Å²) in [6, 6.07) is -8.28. The first-order valence-electron chi connectivity index (χ1n) is 25.7. The van der Waals surface area contributed by atoms with Crippen molar-refractivity contribution in [3.8, 4) is 0 Å². The number of carboxylic acid groups (broad SMARTS) is 2. The fraction of sp³-hybridized carbons (Fsp3) is 0.562. The molecule has 32 nitrogen and oxygen atoms in total. The molecule has 2 aromatic rings. The van der Waals surface area contributed by atoms with Gasteiger partial charge in [0.05, 0.1) is 18.2 Å². The molecule has 0 unspecified atom stereocenters. The van der Waals surface area contributed by atoms with Crippen molar-refractivity contribution in [1.82, 2.24) is 52.8 Å². The van der Waals surface area contributed by atoms with Gasteiger partial charge in [0.15, 0.2) is 11.9 Å².